The van der Waals surface area contributed by atoms with Crippen LogP contribution in [0.5, 0.6) is 0 Å². The van der Waals surface area contributed by atoms with Crippen molar-refractivity contribution in [2.75, 3.05) is 50.2 Å². The number of para-hydroxylation sites is 1. The van der Waals surface area contributed by atoms with Gasteiger partial charge in [0.2, 0.25) is 0 Å². The molecule has 2 aromatic carbocycles. The number of carbonyl (C=O) groups is 3. The Kier molecular flexibility index (Phi) is 7.24. The zero-order valence-electron chi connectivity index (χ0n) is 18.1. The lowest BCUT2D eigenvalue weighted by molar-refractivity contribution is 0.0638. The maximum absolute atomic E-state index is 13.0. The van der Waals surface area contributed by atoms with Gasteiger partial charge in [0.05, 0.1) is 11.1 Å². The van der Waals surface area contributed by atoms with E-state index >= 15 is 0 Å². The first kappa shape index (κ1) is 22.5. The van der Waals surface area contributed by atoms with Gasteiger partial charge >= 0.3 is 0 Å². The van der Waals surface area contributed by atoms with Crippen LogP contribution in [0.15, 0.2) is 42.5 Å². The molecule has 2 aliphatic rings. The third-order valence-corrected chi connectivity index (χ3v) is 6.67. The van der Waals surface area contributed by atoms with Gasteiger partial charge in [-0.05, 0) is 36.2 Å². The lowest BCUT2D eigenvalue weighted by Gasteiger charge is -2.27. The zero-order chi connectivity index (χ0) is 22.5. The van der Waals surface area contributed by atoms with Gasteiger partial charge in [-0.15, -0.1) is 0 Å². The fourth-order valence-electron chi connectivity index (χ4n) is 3.98. The summed E-state index contributed by atoms with van der Waals surface area (Å²) in [5.74, 6) is 1.27. The molecule has 3 amide bonds. The fraction of sp³-hybridized carbons (Fsp3) is 0.375. The number of nitrogens with zero attached hydrogens (tertiary/aromatic N) is 2. The van der Waals surface area contributed by atoms with Crippen molar-refractivity contribution < 1.29 is 19.1 Å². The average Bonchev–Trinajstić information content (AvgIpc) is 3.05. The molecular weight excluding hydrogens is 426 g/mol. The van der Waals surface area contributed by atoms with Crippen LogP contribution in [0.3, 0.4) is 0 Å². The van der Waals surface area contributed by atoms with Gasteiger partial charge < -0.3 is 10.1 Å². The van der Waals surface area contributed by atoms with E-state index in [1.165, 1.54) is 11.0 Å². The third kappa shape index (κ3) is 4.87. The molecule has 4 rings (SSSR count). The van der Waals surface area contributed by atoms with Crippen LogP contribution < -0.4 is 5.32 Å². The number of benzene rings is 2. The molecule has 0 atom stereocenters. The van der Waals surface area contributed by atoms with Crippen molar-refractivity contribution in [3.05, 3.63) is 64.7 Å². The Bertz CT molecular complexity index is 1020. The van der Waals surface area contributed by atoms with Gasteiger partial charge in [-0.3, -0.25) is 24.2 Å². The normalized spacial score (nSPS) is 16.3. The quantitative estimate of drug-likeness (QED) is 0.489. The van der Waals surface area contributed by atoms with Gasteiger partial charge in [-0.2, -0.15) is 11.8 Å². The van der Waals surface area contributed by atoms with Crippen LogP contribution in [0.1, 0.15) is 43.1 Å². The Morgan fingerprint density at radius 2 is 1.81 bits per heavy atom. The number of thioether (sulfide) groups is 1. The molecule has 2 heterocycles. The molecular formula is C24H27N3O4S. The van der Waals surface area contributed by atoms with Gasteiger partial charge in [0, 0.05) is 62.7 Å². The molecule has 0 aliphatic carbocycles. The van der Waals surface area contributed by atoms with Crippen molar-refractivity contribution in [2.24, 2.45) is 0 Å². The Balaban J connectivity index is 1.48. The van der Waals surface area contributed by atoms with Crippen LogP contribution in [-0.2, 0) is 11.3 Å². The summed E-state index contributed by atoms with van der Waals surface area (Å²) < 4.78 is 5.01. The predicted molar refractivity (Wildman–Crippen MR) is 125 cm³/mol. The molecule has 0 unspecified atom stereocenters. The molecule has 2 aliphatic heterocycles. The van der Waals surface area contributed by atoms with E-state index in [0.717, 1.165) is 42.4 Å². The van der Waals surface area contributed by atoms with Crippen LogP contribution in [0, 0.1) is 0 Å². The topological polar surface area (TPSA) is 79.0 Å². The highest BCUT2D eigenvalue weighted by Gasteiger charge is 2.35. The Labute approximate surface area is 192 Å². The largest absolute Gasteiger partial charge is 0.385 e. The monoisotopic (exact) mass is 453 g/mol. The highest BCUT2D eigenvalue weighted by Crippen LogP contribution is 2.25. The summed E-state index contributed by atoms with van der Waals surface area (Å²) in [4.78, 5) is 41.9. The van der Waals surface area contributed by atoms with E-state index in [9.17, 15) is 14.4 Å². The molecule has 1 N–H and O–H groups in total. The van der Waals surface area contributed by atoms with Crippen LogP contribution >= 0.6 is 11.8 Å². The maximum Gasteiger partial charge on any atom is 0.261 e. The van der Waals surface area contributed by atoms with Crippen molar-refractivity contribution in [2.45, 2.75) is 13.0 Å². The molecule has 0 aromatic heterocycles. The molecule has 0 radical (unpaired) electrons. The minimum Gasteiger partial charge on any atom is -0.385 e. The van der Waals surface area contributed by atoms with Crippen molar-refractivity contribution in [1.29, 1.82) is 0 Å². The zero-order valence-corrected chi connectivity index (χ0v) is 19.0. The second-order valence-electron chi connectivity index (χ2n) is 7.87. The second-order valence-corrected chi connectivity index (χ2v) is 9.09. The van der Waals surface area contributed by atoms with Gasteiger partial charge in [-0.1, -0.05) is 18.2 Å². The van der Waals surface area contributed by atoms with Crippen LogP contribution in [0.4, 0.5) is 5.69 Å². The number of imide groups is 1. The molecule has 0 saturated carbocycles. The Morgan fingerprint density at radius 1 is 1.06 bits per heavy atom. The lowest BCUT2D eigenvalue weighted by Crippen LogP contribution is -2.32. The number of methoxy groups -OCH3 is 1. The number of rotatable bonds is 8. The van der Waals surface area contributed by atoms with Gasteiger partial charge in [0.1, 0.15) is 0 Å². The number of anilines is 1. The summed E-state index contributed by atoms with van der Waals surface area (Å²) in [6.07, 6.45) is 0.571. The van der Waals surface area contributed by atoms with Crippen LogP contribution in [0.25, 0.3) is 0 Å². The summed E-state index contributed by atoms with van der Waals surface area (Å²) in [5.41, 5.74) is 2.80. The van der Waals surface area contributed by atoms with E-state index in [2.05, 4.69) is 10.2 Å². The standard InChI is InChI=1S/C24H27N3O4S/c1-31-12-4-9-27-23(29)19-8-7-17(15-20(19)24(27)30)22(28)25-21-6-3-2-5-18(21)16-26-10-13-32-14-11-26/h2-3,5-8,15H,4,9-14,16H2,1H3,(H,25,28). The third-order valence-electron chi connectivity index (χ3n) is 5.73. The smallest absolute Gasteiger partial charge is 0.261 e. The molecule has 0 spiro atoms. The summed E-state index contributed by atoms with van der Waals surface area (Å²) in [5, 5.41) is 2.99. The number of hydrogen-bond donors (Lipinski definition) is 1. The number of nitrogens with one attached hydrogen (secondary N) is 1. The van der Waals surface area contributed by atoms with Crippen LogP contribution in [-0.4, -0.2) is 72.4 Å². The minimum atomic E-state index is -0.362. The number of fused-ring (bicyclic) bond motifs is 1. The number of amides is 3. The van der Waals surface area contributed by atoms with Crippen molar-refractivity contribution >= 4 is 35.2 Å². The lowest BCUT2D eigenvalue weighted by atomic mass is 10.0. The fourth-order valence-corrected chi connectivity index (χ4v) is 4.96. The van der Waals surface area contributed by atoms with Crippen molar-refractivity contribution in [3.8, 4) is 0 Å². The molecule has 8 heteroatoms. The second kappa shape index (κ2) is 10.3. The first-order valence-corrected chi connectivity index (χ1v) is 11.9. The summed E-state index contributed by atoms with van der Waals surface area (Å²) >= 11 is 1.96. The summed E-state index contributed by atoms with van der Waals surface area (Å²) in [6, 6.07) is 12.5. The van der Waals surface area contributed by atoms with E-state index < -0.39 is 0 Å². The average molecular weight is 454 g/mol. The van der Waals surface area contributed by atoms with E-state index in [-0.39, 0.29) is 23.3 Å². The molecule has 1 saturated heterocycles. The van der Waals surface area contributed by atoms with Crippen molar-refractivity contribution in [3.63, 3.8) is 0 Å². The molecule has 168 valence electrons. The first-order chi connectivity index (χ1) is 15.6. The number of carbonyl (C=O) groups excluding carboxylic acids is 3. The minimum absolute atomic E-state index is 0.277. The number of ether oxygens (including phenoxy) is 1. The number of hydrogen-bond acceptors (Lipinski definition) is 6. The van der Waals surface area contributed by atoms with Crippen molar-refractivity contribution in [1.82, 2.24) is 9.80 Å². The van der Waals surface area contributed by atoms with E-state index in [0.29, 0.717) is 30.7 Å². The SMILES string of the molecule is COCCCN1C(=O)c2ccc(C(=O)Nc3ccccc3CN3CCSCC3)cc2C1=O. The van der Waals surface area contributed by atoms with E-state index in [1.54, 1.807) is 19.2 Å². The van der Waals surface area contributed by atoms with Gasteiger partial charge in [0.25, 0.3) is 17.7 Å². The van der Waals surface area contributed by atoms with Gasteiger partial charge in [0.15, 0.2) is 0 Å². The predicted octanol–water partition coefficient (Wildman–Crippen LogP) is 3.12. The highest BCUT2D eigenvalue weighted by molar-refractivity contribution is 7.99. The molecule has 7 nitrogen and oxygen atoms in total. The first-order valence-electron chi connectivity index (χ1n) is 10.8. The molecule has 1 fully saturated rings. The maximum atomic E-state index is 13.0. The van der Waals surface area contributed by atoms with E-state index in [1.807, 2.05) is 36.0 Å². The van der Waals surface area contributed by atoms with Gasteiger partial charge in [-0.25, -0.2) is 0 Å². The van der Waals surface area contributed by atoms with Crippen LogP contribution in [0.2, 0.25) is 0 Å². The highest BCUT2D eigenvalue weighted by atomic mass is 32.2. The molecule has 0 bridgehead atoms. The molecule has 32 heavy (non-hydrogen) atoms. The Hall–Kier alpha value is -2.68. The summed E-state index contributed by atoms with van der Waals surface area (Å²) in [7, 11) is 1.58. The molecule has 2 aromatic rings. The Morgan fingerprint density at radius 3 is 2.59 bits per heavy atom. The summed E-state index contributed by atoms with van der Waals surface area (Å²) in [6.45, 7) is 3.62. The van der Waals surface area contributed by atoms with E-state index in [4.69, 9.17) is 4.74 Å².